The Morgan fingerprint density at radius 3 is 2.32 bits per heavy atom. The molecule has 0 aliphatic carbocycles. The third kappa shape index (κ3) is 8.34. The predicted molar refractivity (Wildman–Crippen MR) is 137 cm³/mol. The highest BCUT2D eigenvalue weighted by atomic mass is 127. The third-order valence-electron chi connectivity index (χ3n) is 4.67. The molecular weight excluding hydrogens is 501 g/mol. The highest BCUT2D eigenvalue weighted by molar-refractivity contribution is 14.0. The molecule has 31 heavy (non-hydrogen) atoms. The largest absolute Gasteiger partial charge is 0.377 e. The van der Waals surface area contributed by atoms with Crippen LogP contribution in [-0.2, 0) is 24.3 Å². The first kappa shape index (κ1) is 24.9. The first-order valence-electron chi connectivity index (χ1n) is 10.5. The van der Waals surface area contributed by atoms with Crippen molar-refractivity contribution in [2.75, 3.05) is 19.7 Å². The fourth-order valence-corrected chi connectivity index (χ4v) is 3.04. The summed E-state index contributed by atoms with van der Waals surface area (Å²) < 4.78 is 7.31. The standard InChI is InChI=1S/C24H31N5O.HI/c1-3-25-24(27-18-21-6-8-22(9-7-21)19-30-4-2)26-16-14-20-10-12-23(13-11-20)29-17-5-15-28-29;/h5-13,15,17H,3-4,14,16,18-19H2,1-2H3,(H2,25,26,27);1H. The van der Waals surface area contributed by atoms with Crippen molar-refractivity contribution in [2.45, 2.75) is 33.4 Å². The van der Waals surface area contributed by atoms with E-state index in [0.717, 1.165) is 37.8 Å². The highest BCUT2D eigenvalue weighted by Crippen LogP contribution is 2.09. The number of aliphatic imine (C=N–C) groups is 1. The molecule has 0 aliphatic rings. The van der Waals surface area contributed by atoms with Crippen molar-refractivity contribution >= 4 is 29.9 Å². The van der Waals surface area contributed by atoms with E-state index < -0.39 is 0 Å². The van der Waals surface area contributed by atoms with E-state index in [1.54, 1.807) is 6.20 Å². The molecule has 0 fully saturated rings. The van der Waals surface area contributed by atoms with Gasteiger partial charge in [-0.2, -0.15) is 5.10 Å². The molecule has 0 atom stereocenters. The van der Waals surface area contributed by atoms with Gasteiger partial charge in [0.2, 0.25) is 0 Å². The van der Waals surface area contributed by atoms with Gasteiger partial charge >= 0.3 is 0 Å². The number of nitrogens with zero attached hydrogens (tertiary/aromatic N) is 3. The maximum atomic E-state index is 5.44. The molecule has 0 radical (unpaired) electrons. The fraction of sp³-hybridized carbons (Fsp3) is 0.333. The minimum absolute atomic E-state index is 0. The van der Waals surface area contributed by atoms with Crippen molar-refractivity contribution in [3.63, 3.8) is 0 Å². The molecular formula is C24H32IN5O. The van der Waals surface area contributed by atoms with E-state index in [4.69, 9.17) is 9.73 Å². The van der Waals surface area contributed by atoms with Crippen molar-refractivity contribution in [3.05, 3.63) is 83.7 Å². The number of rotatable bonds is 10. The second-order valence-corrected chi connectivity index (χ2v) is 6.94. The summed E-state index contributed by atoms with van der Waals surface area (Å²) in [6.45, 7) is 7.77. The van der Waals surface area contributed by atoms with Gasteiger partial charge < -0.3 is 15.4 Å². The van der Waals surface area contributed by atoms with Gasteiger partial charge in [-0.15, -0.1) is 24.0 Å². The van der Waals surface area contributed by atoms with Crippen LogP contribution in [0.1, 0.15) is 30.5 Å². The van der Waals surface area contributed by atoms with Crippen LogP contribution in [0.15, 0.2) is 72.0 Å². The van der Waals surface area contributed by atoms with Gasteiger partial charge in [0.25, 0.3) is 0 Å². The van der Waals surface area contributed by atoms with Crippen LogP contribution in [0.5, 0.6) is 0 Å². The Morgan fingerprint density at radius 2 is 1.68 bits per heavy atom. The molecule has 2 N–H and O–H groups in total. The highest BCUT2D eigenvalue weighted by Gasteiger charge is 2.01. The predicted octanol–water partition coefficient (Wildman–Crippen LogP) is 4.32. The average Bonchev–Trinajstić information content (AvgIpc) is 3.32. The molecule has 0 spiro atoms. The lowest BCUT2D eigenvalue weighted by Crippen LogP contribution is -2.38. The molecule has 7 heteroatoms. The van der Waals surface area contributed by atoms with Crippen molar-refractivity contribution in [1.29, 1.82) is 0 Å². The van der Waals surface area contributed by atoms with Gasteiger partial charge in [-0.25, -0.2) is 9.67 Å². The van der Waals surface area contributed by atoms with Crippen LogP contribution in [0.2, 0.25) is 0 Å². The zero-order chi connectivity index (χ0) is 21.0. The molecule has 3 rings (SSSR count). The number of guanidine groups is 1. The summed E-state index contributed by atoms with van der Waals surface area (Å²) in [5.41, 5.74) is 4.72. The van der Waals surface area contributed by atoms with E-state index >= 15 is 0 Å². The molecule has 1 heterocycles. The molecule has 0 unspecified atom stereocenters. The summed E-state index contributed by atoms with van der Waals surface area (Å²) >= 11 is 0. The number of benzene rings is 2. The lowest BCUT2D eigenvalue weighted by molar-refractivity contribution is 0.134. The first-order valence-corrected chi connectivity index (χ1v) is 10.5. The van der Waals surface area contributed by atoms with Gasteiger partial charge in [0.1, 0.15) is 0 Å². The van der Waals surface area contributed by atoms with Crippen LogP contribution in [-0.4, -0.2) is 35.4 Å². The molecule has 0 saturated carbocycles. The van der Waals surface area contributed by atoms with Crippen LogP contribution in [0.25, 0.3) is 5.69 Å². The number of hydrogen-bond acceptors (Lipinski definition) is 3. The fourth-order valence-electron chi connectivity index (χ4n) is 3.04. The molecule has 0 amide bonds. The number of aromatic nitrogens is 2. The number of halogens is 1. The van der Waals surface area contributed by atoms with Crippen LogP contribution >= 0.6 is 24.0 Å². The van der Waals surface area contributed by atoms with Gasteiger partial charge in [-0.3, -0.25) is 0 Å². The zero-order valence-electron chi connectivity index (χ0n) is 18.3. The van der Waals surface area contributed by atoms with Gasteiger partial charge in [0, 0.05) is 32.1 Å². The molecule has 3 aromatic rings. The molecule has 166 valence electrons. The topological polar surface area (TPSA) is 63.5 Å². The Morgan fingerprint density at radius 1 is 0.968 bits per heavy atom. The second-order valence-electron chi connectivity index (χ2n) is 6.94. The molecule has 0 bridgehead atoms. The van der Waals surface area contributed by atoms with Gasteiger partial charge in [-0.05, 0) is 55.2 Å². The number of ether oxygens (including phenoxy) is 1. The van der Waals surface area contributed by atoms with E-state index in [2.05, 4.69) is 71.2 Å². The van der Waals surface area contributed by atoms with Crippen LogP contribution < -0.4 is 10.6 Å². The van der Waals surface area contributed by atoms with Crippen molar-refractivity contribution in [1.82, 2.24) is 20.4 Å². The van der Waals surface area contributed by atoms with Crippen LogP contribution in [0.4, 0.5) is 0 Å². The minimum atomic E-state index is 0. The van der Waals surface area contributed by atoms with Crippen LogP contribution in [0.3, 0.4) is 0 Å². The van der Waals surface area contributed by atoms with Gasteiger partial charge in [0.15, 0.2) is 5.96 Å². The SMILES string of the molecule is CCNC(=NCc1ccc(COCC)cc1)NCCc1ccc(-n2cccn2)cc1.I. The van der Waals surface area contributed by atoms with E-state index in [0.29, 0.717) is 13.2 Å². The van der Waals surface area contributed by atoms with E-state index in [1.807, 2.05) is 23.9 Å². The molecule has 1 aromatic heterocycles. The van der Waals surface area contributed by atoms with Gasteiger partial charge in [0.05, 0.1) is 18.8 Å². The lowest BCUT2D eigenvalue weighted by Gasteiger charge is -2.12. The normalized spacial score (nSPS) is 11.1. The average molecular weight is 533 g/mol. The molecule has 6 nitrogen and oxygen atoms in total. The summed E-state index contributed by atoms with van der Waals surface area (Å²) in [5, 5.41) is 11.0. The molecule has 0 aliphatic heterocycles. The van der Waals surface area contributed by atoms with Crippen LogP contribution in [0, 0.1) is 0 Å². The Kier molecular flexibility index (Phi) is 11.1. The van der Waals surface area contributed by atoms with Crippen molar-refractivity contribution < 1.29 is 4.74 Å². The summed E-state index contributed by atoms with van der Waals surface area (Å²) in [4.78, 5) is 4.71. The minimum Gasteiger partial charge on any atom is -0.377 e. The van der Waals surface area contributed by atoms with E-state index in [1.165, 1.54) is 16.7 Å². The summed E-state index contributed by atoms with van der Waals surface area (Å²) in [6.07, 6.45) is 4.66. The van der Waals surface area contributed by atoms with E-state index in [9.17, 15) is 0 Å². The smallest absolute Gasteiger partial charge is 0.191 e. The zero-order valence-corrected chi connectivity index (χ0v) is 20.6. The Hall–Kier alpha value is -2.39. The Balaban J connectivity index is 0.00000341. The number of nitrogens with one attached hydrogen (secondary N) is 2. The molecule has 2 aromatic carbocycles. The Bertz CT molecular complexity index is 893. The maximum absolute atomic E-state index is 5.44. The summed E-state index contributed by atoms with van der Waals surface area (Å²) in [7, 11) is 0. The quantitative estimate of drug-likeness (QED) is 0.232. The third-order valence-corrected chi connectivity index (χ3v) is 4.67. The lowest BCUT2D eigenvalue weighted by atomic mass is 10.1. The monoisotopic (exact) mass is 533 g/mol. The van der Waals surface area contributed by atoms with E-state index in [-0.39, 0.29) is 24.0 Å². The summed E-state index contributed by atoms with van der Waals surface area (Å²) in [5.74, 6) is 0.837. The van der Waals surface area contributed by atoms with Crippen molar-refractivity contribution in [3.8, 4) is 5.69 Å². The van der Waals surface area contributed by atoms with Gasteiger partial charge in [-0.1, -0.05) is 36.4 Å². The Labute approximate surface area is 202 Å². The number of hydrogen-bond donors (Lipinski definition) is 2. The maximum Gasteiger partial charge on any atom is 0.191 e. The summed E-state index contributed by atoms with van der Waals surface area (Å²) in [6, 6.07) is 18.8. The second kappa shape index (κ2) is 13.8. The first-order chi connectivity index (χ1) is 14.8. The van der Waals surface area contributed by atoms with Crippen molar-refractivity contribution in [2.24, 2.45) is 4.99 Å². The molecule has 0 saturated heterocycles.